The van der Waals surface area contributed by atoms with Crippen LogP contribution in [-0.4, -0.2) is 49.8 Å². The highest BCUT2D eigenvalue weighted by Gasteiger charge is 2.31. The highest BCUT2D eigenvalue weighted by molar-refractivity contribution is 7.89. The molecule has 1 aliphatic carbocycles. The molecule has 1 saturated carbocycles. The summed E-state index contributed by atoms with van der Waals surface area (Å²) in [5.74, 6) is -1.55. The van der Waals surface area contributed by atoms with Crippen LogP contribution in [0.2, 0.25) is 0 Å². The van der Waals surface area contributed by atoms with E-state index >= 15 is 0 Å². The highest BCUT2D eigenvalue weighted by Crippen LogP contribution is 2.26. The summed E-state index contributed by atoms with van der Waals surface area (Å²) in [5, 5.41) is 11.8. The molecule has 0 aromatic heterocycles. The van der Waals surface area contributed by atoms with Gasteiger partial charge in [-0.2, -0.15) is 9.57 Å². The first-order chi connectivity index (χ1) is 14.5. The lowest BCUT2D eigenvalue weighted by Gasteiger charge is -2.30. The van der Waals surface area contributed by atoms with Crippen LogP contribution in [0.5, 0.6) is 0 Å². The summed E-state index contributed by atoms with van der Waals surface area (Å²) >= 11 is 0. The van der Waals surface area contributed by atoms with Gasteiger partial charge in [0.15, 0.2) is 6.61 Å². The van der Waals surface area contributed by atoms with Crippen molar-refractivity contribution in [2.24, 2.45) is 5.92 Å². The van der Waals surface area contributed by atoms with Gasteiger partial charge in [-0.05, 0) is 43.9 Å². The molecule has 31 heavy (non-hydrogen) atoms. The minimum Gasteiger partial charge on any atom is -0.452 e. The van der Waals surface area contributed by atoms with Crippen molar-refractivity contribution in [3.8, 4) is 6.07 Å². The maximum atomic E-state index is 13.0. The average Bonchev–Trinajstić information content (AvgIpc) is 2.77. The molecule has 0 heterocycles. The lowest BCUT2D eigenvalue weighted by molar-refractivity contribution is -0.125. The number of benzene rings is 1. The summed E-state index contributed by atoms with van der Waals surface area (Å²) in [7, 11) is -2.18. The molecule has 2 rings (SSSR count). The number of sulfonamides is 1. The number of nitrogens with zero attached hydrogens (tertiary/aromatic N) is 2. The number of nitriles is 1. The Morgan fingerprint density at radius 1 is 1.29 bits per heavy atom. The summed E-state index contributed by atoms with van der Waals surface area (Å²) in [4.78, 5) is 24.5. The molecule has 1 amide bonds. The van der Waals surface area contributed by atoms with E-state index < -0.39 is 34.0 Å². The van der Waals surface area contributed by atoms with Crippen molar-refractivity contribution in [2.45, 2.75) is 69.4 Å². The van der Waals surface area contributed by atoms with E-state index in [1.54, 1.807) is 27.8 Å². The third-order valence-electron chi connectivity index (χ3n) is 5.96. The van der Waals surface area contributed by atoms with Gasteiger partial charge in [0.2, 0.25) is 10.0 Å². The van der Waals surface area contributed by atoms with Crippen LogP contribution < -0.4 is 5.32 Å². The molecule has 1 N–H and O–H groups in total. The van der Waals surface area contributed by atoms with Gasteiger partial charge >= 0.3 is 5.97 Å². The zero-order valence-electron chi connectivity index (χ0n) is 18.6. The topological polar surface area (TPSA) is 117 Å². The first kappa shape index (κ1) is 24.8. The predicted octanol–water partition coefficient (Wildman–Crippen LogP) is 2.85. The number of ether oxygens (including phenoxy) is 1. The second kappa shape index (κ2) is 10.2. The zero-order chi connectivity index (χ0) is 23.2. The number of esters is 1. The van der Waals surface area contributed by atoms with Crippen molar-refractivity contribution in [1.29, 1.82) is 5.26 Å². The van der Waals surface area contributed by atoms with Crippen molar-refractivity contribution in [3.05, 3.63) is 29.8 Å². The second-order valence-electron chi connectivity index (χ2n) is 8.43. The van der Waals surface area contributed by atoms with Gasteiger partial charge in [0.1, 0.15) is 5.54 Å². The van der Waals surface area contributed by atoms with Crippen molar-refractivity contribution in [1.82, 2.24) is 9.62 Å². The standard InChI is InChI=1S/C22H31N3O5S/c1-16(2)22(3,15-23)24-20(26)14-30-21(27)17-9-8-12-19(13-17)31(28,29)25(4)18-10-6-5-7-11-18/h8-9,12-13,16,18H,5-7,10-11,14H2,1-4H3,(H,24,26). The molecule has 0 saturated heterocycles. The fraction of sp³-hybridized carbons (Fsp3) is 0.591. The molecule has 8 nitrogen and oxygen atoms in total. The number of amides is 1. The summed E-state index contributed by atoms with van der Waals surface area (Å²) in [6.07, 6.45) is 4.76. The van der Waals surface area contributed by atoms with E-state index in [2.05, 4.69) is 5.32 Å². The zero-order valence-corrected chi connectivity index (χ0v) is 19.4. The van der Waals surface area contributed by atoms with Crippen LogP contribution in [0.25, 0.3) is 0 Å². The smallest absolute Gasteiger partial charge is 0.338 e. The molecule has 1 unspecified atom stereocenters. The van der Waals surface area contributed by atoms with Crippen LogP contribution in [0.15, 0.2) is 29.2 Å². The number of rotatable bonds is 8. The number of carbonyl (C=O) groups is 2. The number of hydrogen-bond acceptors (Lipinski definition) is 6. The van der Waals surface area contributed by atoms with Gasteiger partial charge in [0.05, 0.1) is 16.5 Å². The molecule has 170 valence electrons. The first-order valence-corrected chi connectivity index (χ1v) is 11.9. The van der Waals surface area contributed by atoms with Gasteiger partial charge in [-0.3, -0.25) is 4.79 Å². The van der Waals surface area contributed by atoms with Gasteiger partial charge in [-0.15, -0.1) is 0 Å². The second-order valence-corrected chi connectivity index (χ2v) is 10.4. The minimum absolute atomic E-state index is 0.0105. The Bertz CT molecular complexity index is 948. The molecule has 1 aromatic rings. The van der Waals surface area contributed by atoms with Gasteiger partial charge < -0.3 is 10.1 Å². The van der Waals surface area contributed by atoms with Crippen LogP contribution in [0.1, 0.15) is 63.2 Å². The van der Waals surface area contributed by atoms with Crippen LogP contribution in [0.3, 0.4) is 0 Å². The molecule has 1 atom stereocenters. The largest absolute Gasteiger partial charge is 0.452 e. The number of nitrogens with one attached hydrogen (secondary N) is 1. The Hall–Kier alpha value is -2.44. The molecular weight excluding hydrogens is 418 g/mol. The fourth-order valence-corrected chi connectivity index (χ4v) is 4.89. The normalized spacial score (nSPS) is 17.1. The van der Waals surface area contributed by atoms with E-state index in [1.165, 1.54) is 28.6 Å². The van der Waals surface area contributed by atoms with Crippen LogP contribution in [0.4, 0.5) is 0 Å². The molecule has 0 aliphatic heterocycles. The monoisotopic (exact) mass is 449 g/mol. The fourth-order valence-electron chi connectivity index (χ4n) is 3.43. The summed E-state index contributed by atoms with van der Waals surface area (Å²) < 4.78 is 32.4. The Morgan fingerprint density at radius 2 is 1.94 bits per heavy atom. The van der Waals surface area contributed by atoms with Crippen LogP contribution in [-0.2, 0) is 19.6 Å². The van der Waals surface area contributed by atoms with Crippen molar-refractivity contribution >= 4 is 21.9 Å². The lowest BCUT2D eigenvalue weighted by Crippen LogP contribution is -2.50. The van der Waals surface area contributed by atoms with Crippen molar-refractivity contribution in [3.63, 3.8) is 0 Å². The van der Waals surface area contributed by atoms with E-state index in [4.69, 9.17) is 4.74 Å². The van der Waals surface area contributed by atoms with E-state index in [0.717, 1.165) is 32.1 Å². The predicted molar refractivity (Wildman–Crippen MR) is 116 cm³/mol. The SMILES string of the molecule is CC(C)C(C)(C#N)NC(=O)COC(=O)c1cccc(S(=O)(=O)N(C)C2CCCCC2)c1. The summed E-state index contributed by atoms with van der Waals surface area (Å²) in [5.41, 5.74) is -1.04. The Morgan fingerprint density at radius 3 is 2.52 bits per heavy atom. The molecular formula is C22H31N3O5S. The van der Waals surface area contributed by atoms with Crippen LogP contribution in [0, 0.1) is 17.2 Å². The van der Waals surface area contributed by atoms with E-state index in [0.29, 0.717) is 0 Å². The van der Waals surface area contributed by atoms with Crippen molar-refractivity contribution in [2.75, 3.05) is 13.7 Å². The highest BCUT2D eigenvalue weighted by atomic mass is 32.2. The van der Waals surface area contributed by atoms with E-state index in [-0.39, 0.29) is 22.4 Å². The molecule has 9 heteroatoms. The van der Waals surface area contributed by atoms with Gasteiger partial charge in [-0.1, -0.05) is 39.2 Å². The first-order valence-electron chi connectivity index (χ1n) is 10.5. The quantitative estimate of drug-likeness (QED) is 0.610. The minimum atomic E-state index is -3.75. The molecule has 0 bridgehead atoms. The van der Waals surface area contributed by atoms with Gasteiger partial charge in [-0.25, -0.2) is 13.2 Å². The third kappa shape index (κ3) is 6.05. The maximum absolute atomic E-state index is 13.0. The summed E-state index contributed by atoms with van der Waals surface area (Å²) in [6, 6.07) is 7.62. The molecule has 1 aliphatic rings. The van der Waals surface area contributed by atoms with Gasteiger partial charge in [0, 0.05) is 13.1 Å². The van der Waals surface area contributed by atoms with Crippen LogP contribution >= 0.6 is 0 Å². The summed E-state index contributed by atoms with van der Waals surface area (Å²) in [6.45, 7) is 4.62. The Balaban J connectivity index is 2.06. The molecule has 0 spiro atoms. The van der Waals surface area contributed by atoms with Gasteiger partial charge in [0.25, 0.3) is 5.91 Å². The lowest BCUT2D eigenvalue weighted by atomic mass is 9.90. The van der Waals surface area contributed by atoms with Crippen molar-refractivity contribution < 1.29 is 22.7 Å². The van der Waals surface area contributed by atoms with E-state index in [9.17, 15) is 23.3 Å². The Kier molecular flexibility index (Phi) is 8.21. The van der Waals surface area contributed by atoms with E-state index in [1.807, 2.05) is 6.07 Å². The Labute approximate surface area is 184 Å². The number of carbonyl (C=O) groups excluding carboxylic acids is 2. The molecule has 1 fully saturated rings. The molecule has 1 aromatic carbocycles. The maximum Gasteiger partial charge on any atom is 0.338 e. The third-order valence-corrected chi connectivity index (χ3v) is 7.86. The number of hydrogen-bond donors (Lipinski definition) is 1. The molecule has 0 radical (unpaired) electrons. The average molecular weight is 450 g/mol.